The van der Waals surface area contributed by atoms with Crippen molar-refractivity contribution >= 4 is 0 Å². The number of ether oxygens (including phenoxy) is 1. The first-order valence-electron chi connectivity index (χ1n) is 9.45. The first-order valence-corrected chi connectivity index (χ1v) is 9.45. The molecule has 3 aliphatic carbocycles. The molecular weight excluding hydrogens is 284 g/mol. The fraction of sp³-hybridized carbons (Fsp3) is 0.714. The third kappa shape index (κ3) is 2.10. The molecule has 0 unspecified atom stereocenters. The normalized spacial score (nSPS) is 41.8. The fourth-order valence-corrected chi connectivity index (χ4v) is 6.55. The van der Waals surface area contributed by atoms with Gasteiger partial charge >= 0.3 is 0 Å². The van der Waals surface area contributed by atoms with Crippen molar-refractivity contribution in [1.29, 1.82) is 0 Å². The molecule has 2 saturated carbocycles. The number of benzene rings is 1. The van der Waals surface area contributed by atoms with E-state index in [0.717, 1.165) is 24.5 Å². The second-order valence-electron chi connectivity index (χ2n) is 8.26. The summed E-state index contributed by atoms with van der Waals surface area (Å²) >= 11 is 0. The average molecular weight is 314 g/mol. The van der Waals surface area contributed by atoms with E-state index < -0.39 is 0 Å². The van der Waals surface area contributed by atoms with Gasteiger partial charge in [-0.05, 0) is 90.9 Å². The summed E-state index contributed by atoms with van der Waals surface area (Å²) in [6.45, 7) is 4.74. The van der Waals surface area contributed by atoms with E-state index in [9.17, 15) is 5.11 Å². The van der Waals surface area contributed by atoms with Gasteiger partial charge in [0.1, 0.15) is 5.75 Å². The number of hydrogen-bond donors (Lipinski definition) is 1. The molecule has 6 atom stereocenters. The van der Waals surface area contributed by atoms with Gasteiger partial charge in [0.25, 0.3) is 0 Å². The Bertz CT molecular complexity index is 596. The molecule has 3 aliphatic rings. The molecule has 0 bridgehead atoms. The lowest BCUT2D eigenvalue weighted by Gasteiger charge is -2.53. The van der Waals surface area contributed by atoms with Crippen LogP contribution in [-0.2, 0) is 6.42 Å². The Balaban J connectivity index is 1.73. The van der Waals surface area contributed by atoms with E-state index in [2.05, 4.69) is 32.0 Å². The lowest BCUT2D eigenvalue weighted by molar-refractivity contribution is -0.0513. The lowest BCUT2D eigenvalue weighted by atomic mass is 9.51. The Morgan fingerprint density at radius 1 is 1.26 bits per heavy atom. The van der Waals surface area contributed by atoms with Crippen LogP contribution in [-0.4, -0.2) is 18.3 Å². The van der Waals surface area contributed by atoms with Crippen LogP contribution in [0.15, 0.2) is 18.2 Å². The maximum Gasteiger partial charge on any atom is 0.119 e. The van der Waals surface area contributed by atoms with Crippen LogP contribution >= 0.6 is 0 Å². The van der Waals surface area contributed by atoms with Crippen LogP contribution in [0.2, 0.25) is 0 Å². The van der Waals surface area contributed by atoms with Gasteiger partial charge in [-0.25, -0.2) is 0 Å². The SMILES string of the molecule is CC[C@]12CC[C@@H]3c4ccc(OC)cc4C[C@@H](C)[C@H]3[C@@H]1CC[C@@H]2O. The highest BCUT2D eigenvalue weighted by Gasteiger charge is 2.57. The summed E-state index contributed by atoms with van der Waals surface area (Å²) < 4.78 is 5.44. The molecule has 0 aromatic heterocycles. The highest BCUT2D eigenvalue weighted by molar-refractivity contribution is 5.41. The second-order valence-corrected chi connectivity index (χ2v) is 8.26. The molecular formula is C21H30O2. The molecule has 0 amide bonds. The first kappa shape index (κ1) is 15.5. The third-order valence-corrected chi connectivity index (χ3v) is 7.61. The summed E-state index contributed by atoms with van der Waals surface area (Å²) in [6.07, 6.45) is 6.94. The topological polar surface area (TPSA) is 29.5 Å². The van der Waals surface area contributed by atoms with Crippen molar-refractivity contribution in [3.63, 3.8) is 0 Å². The van der Waals surface area contributed by atoms with E-state index in [1.807, 2.05) is 0 Å². The van der Waals surface area contributed by atoms with E-state index in [4.69, 9.17) is 4.74 Å². The minimum atomic E-state index is -0.0667. The van der Waals surface area contributed by atoms with Gasteiger partial charge in [-0.1, -0.05) is 19.9 Å². The van der Waals surface area contributed by atoms with Gasteiger partial charge in [-0.15, -0.1) is 0 Å². The van der Waals surface area contributed by atoms with E-state index in [-0.39, 0.29) is 11.5 Å². The number of methoxy groups -OCH3 is 1. The van der Waals surface area contributed by atoms with Crippen LogP contribution in [0.4, 0.5) is 0 Å². The molecule has 1 aromatic carbocycles. The minimum Gasteiger partial charge on any atom is -0.497 e. The zero-order valence-corrected chi connectivity index (χ0v) is 14.7. The quantitative estimate of drug-likeness (QED) is 0.868. The molecule has 1 aromatic rings. The van der Waals surface area contributed by atoms with Gasteiger partial charge in [-0.2, -0.15) is 0 Å². The van der Waals surface area contributed by atoms with E-state index >= 15 is 0 Å². The van der Waals surface area contributed by atoms with Crippen molar-refractivity contribution in [1.82, 2.24) is 0 Å². The van der Waals surface area contributed by atoms with Crippen LogP contribution in [0, 0.1) is 23.2 Å². The predicted molar refractivity (Wildman–Crippen MR) is 92.8 cm³/mol. The maximum atomic E-state index is 10.7. The molecule has 1 N–H and O–H groups in total. The zero-order chi connectivity index (χ0) is 16.2. The number of fused-ring (bicyclic) bond motifs is 5. The monoisotopic (exact) mass is 314 g/mol. The average Bonchev–Trinajstić information content (AvgIpc) is 2.91. The van der Waals surface area contributed by atoms with Gasteiger partial charge in [0.2, 0.25) is 0 Å². The molecule has 0 radical (unpaired) electrons. The smallest absolute Gasteiger partial charge is 0.119 e. The highest BCUT2D eigenvalue weighted by Crippen LogP contribution is 2.63. The second kappa shape index (κ2) is 5.51. The number of rotatable bonds is 2. The van der Waals surface area contributed by atoms with Crippen molar-refractivity contribution in [3.8, 4) is 5.75 Å². The van der Waals surface area contributed by atoms with Gasteiger partial charge in [0, 0.05) is 0 Å². The molecule has 23 heavy (non-hydrogen) atoms. The van der Waals surface area contributed by atoms with Crippen molar-refractivity contribution in [2.45, 2.75) is 64.4 Å². The standard InChI is InChI=1S/C21H30O2/c1-4-21-10-9-17-16-6-5-15(23-3)12-14(16)11-13(2)20(17)18(21)7-8-19(21)22/h5-6,12-13,17-20,22H,4,7-11H2,1-3H3/t13-,17-,18+,19+,20-,21+/m1/s1. The van der Waals surface area contributed by atoms with Crippen molar-refractivity contribution in [2.24, 2.45) is 23.2 Å². The molecule has 2 fully saturated rings. The largest absolute Gasteiger partial charge is 0.497 e. The van der Waals surface area contributed by atoms with Crippen LogP contribution in [0.3, 0.4) is 0 Å². The third-order valence-electron chi connectivity index (χ3n) is 7.61. The number of aliphatic hydroxyl groups excluding tert-OH is 1. The van der Waals surface area contributed by atoms with Gasteiger partial charge in [0.05, 0.1) is 13.2 Å². The summed E-state index contributed by atoms with van der Waals surface area (Å²) in [5, 5.41) is 10.7. The lowest BCUT2D eigenvalue weighted by Crippen LogP contribution is -2.47. The van der Waals surface area contributed by atoms with Crippen molar-refractivity contribution in [2.75, 3.05) is 7.11 Å². The number of aliphatic hydroxyl groups is 1. The molecule has 2 nitrogen and oxygen atoms in total. The molecule has 0 saturated heterocycles. The Hall–Kier alpha value is -1.02. The van der Waals surface area contributed by atoms with E-state index in [1.54, 1.807) is 12.7 Å². The maximum absolute atomic E-state index is 10.7. The number of hydrogen-bond acceptors (Lipinski definition) is 2. The van der Waals surface area contributed by atoms with Crippen molar-refractivity contribution < 1.29 is 9.84 Å². The Labute approximate surface area is 140 Å². The molecule has 4 rings (SSSR count). The zero-order valence-electron chi connectivity index (χ0n) is 14.7. The Kier molecular flexibility index (Phi) is 3.72. The van der Waals surface area contributed by atoms with E-state index in [1.165, 1.54) is 31.2 Å². The first-order chi connectivity index (χ1) is 11.1. The molecule has 2 heteroatoms. The molecule has 0 aliphatic heterocycles. The summed E-state index contributed by atoms with van der Waals surface area (Å²) in [4.78, 5) is 0. The van der Waals surface area contributed by atoms with Crippen LogP contribution < -0.4 is 4.74 Å². The van der Waals surface area contributed by atoms with Gasteiger partial charge in [-0.3, -0.25) is 0 Å². The van der Waals surface area contributed by atoms with Crippen LogP contribution in [0.25, 0.3) is 0 Å². The van der Waals surface area contributed by atoms with Gasteiger partial charge in [0.15, 0.2) is 0 Å². The summed E-state index contributed by atoms with van der Waals surface area (Å²) in [7, 11) is 1.76. The van der Waals surface area contributed by atoms with E-state index in [0.29, 0.717) is 17.8 Å². The Morgan fingerprint density at radius 3 is 2.83 bits per heavy atom. The minimum absolute atomic E-state index is 0.0667. The Morgan fingerprint density at radius 2 is 2.09 bits per heavy atom. The predicted octanol–water partition coefficient (Wildman–Crippen LogP) is 4.55. The summed E-state index contributed by atoms with van der Waals surface area (Å²) in [6, 6.07) is 6.71. The van der Waals surface area contributed by atoms with Crippen LogP contribution in [0.1, 0.15) is 63.0 Å². The van der Waals surface area contributed by atoms with Crippen LogP contribution in [0.5, 0.6) is 5.75 Å². The highest BCUT2D eigenvalue weighted by atomic mass is 16.5. The summed E-state index contributed by atoms with van der Waals surface area (Å²) in [5.41, 5.74) is 3.28. The fourth-order valence-electron chi connectivity index (χ4n) is 6.55. The molecule has 126 valence electrons. The summed E-state index contributed by atoms with van der Waals surface area (Å²) in [5.74, 6) is 3.86. The van der Waals surface area contributed by atoms with Gasteiger partial charge < -0.3 is 9.84 Å². The molecule has 0 spiro atoms. The molecule has 0 heterocycles. The van der Waals surface area contributed by atoms with Crippen molar-refractivity contribution in [3.05, 3.63) is 29.3 Å².